The van der Waals surface area contributed by atoms with E-state index in [0.717, 1.165) is 6.07 Å². The molecule has 0 saturated carbocycles. The van der Waals surface area contributed by atoms with Crippen LogP contribution in [0.15, 0.2) is 22.7 Å². The summed E-state index contributed by atoms with van der Waals surface area (Å²) in [5, 5.41) is 2.82. The maximum atomic E-state index is 12.8. The highest BCUT2D eigenvalue weighted by Crippen LogP contribution is 2.36. The lowest BCUT2D eigenvalue weighted by atomic mass is 10.1. The van der Waals surface area contributed by atoms with Crippen molar-refractivity contribution in [3.8, 4) is 0 Å². The van der Waals surface area contributed by atoms with E-state index in [-0.39, 0.29) is 5.69 Å². The molecule has 2 nitrogen and oxygen atoms in total. The number of rotatable bonds is 7. The average molecular weight is 354 g/mol. The zero-order chi connectivity index (χ0) is 15.2. The summed E-state index contributed by atoms with van der Waals surface area (Å²) in [5.41, 5.74) is -0.556. The van der Waals surface area contributed by atoms with Crippen LogP contribution in [0.4, 0.5) is 18.9 Å². The quantitative estimate of drug-likeness (QED) is 0.700. The molecule has 0 atom stereocenters. The van der Waals surface area contributed by atoms with Crippen LogP contribution >= 0.6 is 15.9 Å². The molecule has 0 saturated heterocycles. The number of halogens is 4. The third-order valence-electron chi connectivity index (χ3n) is 2.52. The van der Waals surface area contributed by atoms with Gasteiger partial charge in [0.05, 0.1) is 5.56 Å². The summed E-state index contributed by atoms with van der Waals surface area (Å²) in [5.74, 6) is 0.463. The Morgan fingerprint density at radius 2 is 2.00 bits per heavy atom. The second-order valence-electron chi connectivity index (χ2n) is 4.94. The first-order valence-corrected chi connectivity index (χ1v) is 7.28. The summed E-state index contributed by atoms with van der Waals surface area (Å²) in [4.78, 5) is 0. The molecule has 6 heteroatoms. The van der Waals surface area contributed by atoms with Crippen LogP contribution in [-0.4, -0.2) is 19.8 Å². The SMILES string of the molecule is CC(C)COCCCNc1cc(Br)ccc1C(F)(F)F. The molecule has 0 aliphatic carbocycles. The lowest BCUT2D eigenvalue weighted by Crippen LogP contribution is -2.13. The summed E-state index contributed by atoms with van der Waals surface area (Å²) < 4.78 is 44.5. The van der Waals surface area contributed by atoms with E-state index in [1.165, 1.54) is 12.1 Å². The number of anilines is 1. The summed E-state index contributed by atoms with van der Waals surface area (Å²) in [7, 11) is 0. The first-order valence-electron chi connectivity index (χ1n) is 6.49. The minimum atomic E-state index is -4.35. The van der Waals surface area contributed by atoms with Gasteiger partial charge in [0.25, 0.3) is 0 Å². The van der Waals surface area contributed by atoms with Crippen LogP contribution in [0.25, 0.3) is 0 Å². The molecule has 1 rings (SSSR count). The van der Waals surface area contributed by atoms with Gasteiger partial charge in [0, 0.05) is 29.9 Å². The summed E-state index contributed by atoms with van der Waals surface area (Å²) >= 11 is 3.18. The predicted molar refractivity (Wildman–Crippen MR) is 77.9 cm³/mol. The largest absolute Gasteiger partial charge is 0.418 e. The van der Waals surface area contributed by atoms with Gasteiger partial charge in [0.1, 0.15) is 0 Å². The summed E-state index contributed by atoms with van der Waals surface area (Å²) in [6.45, 7) is 5.76. The monoisotopic (exact) mass is 353 g/mol. The molecule has 0 unspecified atom stereocenters. The Balaban J connectivity index is 2.49. The van der Waals surface area contributed by atoms with E-state index in [1.54, 1.807) is 0 Å². The summed E-state index contributed by atoms with van der Waals surface area (Å²) in [6, 6.07) is 3.90. The third kappa shape index (κ3) is 6.13. The first-order chi connectivity index (χ1) is 9.30. The average Bonchev–Trinajstić information content (AvgIpc) is 2.31. The van der Waals surface area contributed by atoms with E-state index in [9.17, 15) is 13.2 Å². The Morgan fingerprint density at radius 3 is 2.60 bits per heavy atom. The van der Waals surface area contributed by atoms with Crippen molar-refractivity contribution in [2.75, 3.05) is 25.1 Å². The van der Waals surface area contributed by atoms with Gasteiger partial charge in [-0.2, -0.15) is 13.2 Å². The van der Waals surface area contributed by atoms with Crippen LogP contribution in [0.1, 0.15) is 25.8 Å². The van der Waals surface area contributed by atoms with Gasteiger partial charge in [-0.05, 0) is 30.5 Å². The molecule has 0 bridgehead atoms. The van der Waals surface area contributed by atoms with Crippen molar-refractivity contribution in [1.29, 1.82) is 0 Å². The molecular weight excluding hydrogens is 335 g/mol. The van der Waals surface area contributed by atoms with E-state index in [0.29, 0.717) is 36.6 Å². The Hall–Kier alpha value is -0.750. The molecule has 1 aromatic rings. The van der Waals surface area contributed by atoms with Gasteiger partial charge < -0.3 is 10.1 Å². The van der Waals surface area contributed by atoms with Crippen LogP contribution in [0, 0.1) is 5.92 Å². The van der Waals surface area contributed by atoms with Gasteiger partial charge in [-0.25, -0.2) is 0 Å². The Kier molecular flexibility index (Phi) is 6.82. The Bertz CT molecular complexity index is 421. The molecule has 0 aliphatic rings. The van der Waals surface area contributed by atoms with E-state index in [4.69, 9.17) is 4.74 Å². The van der Waals surface area contributed by atoms with Crippen molar-refractivity contribution in [1.82, 2.24) is 0 Å². The van der Waals surface area contributed by atoms with Crippen LogP contribution in [0.5, 0.6) is 0 Å². The highest BCUT2D eigenvalue weighted by Gasteiger charge is 2.33. The van der Waals surface area contributed by atoms with Crippen LogP contribution < -0.4 is 5.32 Å². The predicted octanol–water partition coefficient (Wildman–Crippen LogP) is 4.94. The number of benzene rings is 1. The molecule has 1 N–H and O–H groups in total. The molecule has 114 valence electrons. The molecule has 1 aromatic carbocycles. The Morgan fingerprint density at radius 1 is 1.30 bits per heavy atom. The minimum absolute atomic E-state index is 0.0933. The van der Waals surface area contributed by atoms with Gasteiger partial charge in [0.15, 0.2) is 0 Å². The molecule has 20 heavy (non-hydrogen) atoms. The van der Waals surface area contributed by atoms with Crippen molar-refractivity contribution in [3.63, 3.8) is 0 Å². The van der Waals surface area contributed by atoms with Gasteiger partial charge in [-0.1, -0.05) is 29.8 Å². The maximum absolute atomic E-state index is 12.8. The van der Waals surface area contributed by atoms with E-state index in [1.807, 2.05) is 0 Å². The van der Waals surface area contributed by atoms with Crippen molar-refractivity contribution in [3.05, 3.63) is 28.2 Å². The zero-order valence-corrected chi connectivity index (χ0v) is 13.1. The van der Waals surface area contributed by atoms with E-state index < -0.39 is 11.7 Å². The number of alkyl halides is 3. The number of nitrogens with one attached hydrogen (secondary N) is 1. The Labute approximate surface area is 125 Å². The normalized spacial score (nSPS) is 11.9. The van der Waals surface area contributed by atoms with Crippen LogP contribution in [-0.2, 0) is 10.9 Å². The van der Waals surface area contributed by atoms with Gasteiger partial charge >= 0.3 is 6.18 Å². The molecule has 0 aliphatic heterocycles. The molecule has 0 heterocycles. The maximum Gasteiger partial charge on any atom is 0.418 e. The van der Waals surface area contributed by atoms with E-state index >= 15 is 0 Å². The fraction of sp³-hybridized carbons (Fsp3) is 0.571. The fourth-order valence-electron chi connectivity index (χ4n) is 1.63. The number of hydrogen-bond donors (Lipinski definition) is 1. The third-order valence-corrected chi connectivity index (χ3v) is 3.01. The van der Waals surface area contributed by atoms with Gasteiger partial charge in [0.2, 0.25) is 0 Å². The van der Waals surface area contributed by atoms with Gasteiger partial charge in [-0.3, -0.25) is 0 Å². The number of hydrogen-bond acceptors (Lipinski definition) is 2. The fourth-order valence-corrected chi connectivity index (χ4v) is 1.99. The highest BCUT2D eigenvalue weighted by atomic mass is 79.9. The summed E-state index contributed by atoms with van der Waals surface area (Å²) in [6.07, 6.45) is -3.69. The first kappa shape index (κ1) is 17.3. The number of ether oxygens (including phenoxy) is 1. The van der Waals surface area contributed by atoms with Gasteiger partial charge in [-0.15, -0.1) is 0 Å². The zero-order valence-electron chi connectivity index (χ0n) is 11.6. The van der Waals surface area contributed by atoms with Crippen LogP contribution in [0.2, 0.25) is 0 Å². The molecule has 0 amide bonds. The second kappa shape index (κ2) is 7.88. The molecule has 0 fully saturated rings. The van der Waals surface area contributed by atoms with Crippen molar-refractivity contribution >= 4 is 21.6 Å². The highest BCUT2D eigenvalue weighted by molar-refractivity contribution is 9.10. The standard InChI is InChI=1S/C14H19BrF3NO/c1-10(2)9-20-7-3-6-19-13-8-11(15)4-5-12(13)14(16,17)18/h4-5,8,10,19H,3,6-7,9H2,1-2H3. The molecule has 0 radical (unpaired) electrons. The van der Waals surface area contributed by atoms with Crippen molar-refractivity contribution in [2.45, 2.75) is 26.4 Å². The second-order valence-corrected chi connectivity index (χ2v) is 5.85. The molecular formula is C14H19BrF3NO. The van der Waals surface area contributed by atoms with Crippen molar-refractivity contribution in [2.24, 2.45) is 5.92 Å². The van der Waals surface area contributed by atoms with E-state index in [2.05, 4.69) is 35.1 Å². The minimum Gasteiger partial charge on any atom is -0.384 e. The van der Waals surface area contributed by atoms with Crippen LogP contribution in [0.3, 0.4) is 0 Å². The topological polar surface area (TPSA) is 21.3 Å². The van der Waals surface area contributed by atoms with Crippen molar-refractivity contribution < 1.29 is 17.9 Å². The smallest absolute Gasteiger partial charge is 0.384 e. The molecule has 0 spiro atoms. The molecule has 0 aromatic heterocycles. The lowest BCUT2D eigenvalue weighted by Gasteiger charge is -2.15. The lowest BCUT2D eigenvalue weighted by molar-refractivity contribution is -0.137.